The van der Waals surface area contributed by atoms with Crippen molar-refractivity contribution in [2.45, 2.75) is 67.5 Å². The molecule has 0 radical (unpaired) electrons. The minimum atomic E-state index is -3.53. The van der Waals surface area contributed by atoms with Crippen LogP contribution in [0, 0.1) is 11.6 Å². The third kappa shape index (κ3) is 4.90. The maximum absolute atomic E-state index is 14.5. The molecule has 0 spiro atoms. The average molecular weight is 538 g/mol. The number of benzene rings is 1. The first-order valence-electron chi connectivity index (χ1n) is 17.8. The predicted octanol–water partition coefficient (Wildman–Crippen LogP) is 2.01. The van der Waals surface area contributed by atoms with Gasteiger partial charge < -0.3 is 25.4 Å². The molecule has 2 saturated carbocycles. The lowest BCUT2D eigenvalue weighted by Crippen LogP contribution is -2.33. The van der Waals surface area contributed by atoms with Crippen LogP contribution in [0.3, 0.4) is 0 Å². The second-order valence-electron chi connectivity index (χ2n) is 7.65. The van der Waals surface area contributed by atoms with Gasteiger partial charge in [0.15, 0.2) is 33.8 Å². The lowest BCUT2D eigenvalue weighted by Gasteiger charge is -2.17. The lowest BCUT2D eigenvalue weighted by atomic mass is 10.1. The maximum atomic E-state index is 14.5. The first kappa shape index (κ1) is 12.9. The number of anilines is 1. The quantitative estimate of drug-likeness (QED) is 0.224. The number of hydrogen-bond acceptors (Lipinski definition) is 10. The molecule has 2 heterocycles. The van der Waals surface area contributed by atoms with Gasteiger partial charge in [-0.1, -0.05) is 29.9 Å². The predicted molar refractivity (Wildman–Crippen MR) is 128 cm³/mol. The summed E-state index contributed by atoms with van der Waals surface area (Å²) in [6, 6.07) is -7.04. The molecular weight excluding hydrogens is 494 g/mol. The van der Waals surface area contributed by atoms with Crippen LogP contribution < -0.4 is 5.32 Å². The van der Waals surface area contributed by atoms with Crippen molar-refractivity contribution in [2.75, 3.05) is 24.2 Å². The van der Waals surface area contributed by atoms with E-state index in [2.05, 4.69) is 25.6 Å². The Morgan fingerprint density at radius 3 is 3.03 bits per heavy atom. The SMILES string of the molecule is [2H]c1c([2H])c(C2([2H])[C@@H](Nc3nc(SC([2H])([2H])C([2H])([2H])C([2H])([2H])[2H])nc4c3nnn4[C@@H]3C[C@H](OC([2H])([2H])CO)[C@@H](O)[C@H]3O)C2([2H])[2H])c([2H])c(F)c1F. The fourth-order valence-electron chi connectivity index (χ4n) is 3.80. The third-order valence-electron chi connectivity index (χ3n) is 5.49. The molecule has 2 aromatic heterocycles. The average Bonchev–Trinajstić information content (AvgIpc) is 3.32. The number of nitrogens with one attached hydrogen (secondary N) is 1. The van der Waals surface area contributed by atoms with Crippen LogP contribution in [0.1, 0.15) is 64.1 Å². The zero-order valence-electron chi connectivity index (χ0n) is 33.0. The number of ether oxygens (including phenoxy) is 1. The molecule has 0 aliphatic heterocycles. The molecule has 2 aliphatic rings. The molecule has 36 heavy (non-hydrogen) atoms. The van der Waals surface area contributed by atoms with Gasteiger partial charge in [0, 0.05) is 37.8 Å². The summed E-state index contributed by atoms with van der Waals surface area (Å²) >= 11 is -0.133. The normalized spacial score (nSPS) is 38.7. The van der Waals surface area contributed by atoms with Gasteiger partial charge in [-0.15, -0.1) is 5.10 Å². The van der Waals surface area contributed by atoms with Crippen molar-refractivity contribution in [2.24, 2.45) is 0 Å². The van der Waals surface area contributed by atoms with E-state index >= 15 is 0 Å². The van der Waals surface area contributed by atoms with E-state index in [-0.39, 0.29) is 18.2 Å². The summed E-state index contributed by atoms with van der Waals surface area (Å²) in [6.07, 6.45) is -11.7. The Labute approximate surface area is 231 Å². The number of aliphatic hydroxyl groups excluding tert-OH is 3. The molecule has 0 bridgehead atoms. The van der Waals surface area contributed by atoms with Crippen LogP contribution in [0.5, 0.6) is 0 Å². The number of aliphatic hydroxyl groups is 3. The first-order chi connectivity index (χ1) is 23.2. The Balaban J connectivity index is 1.63. The van der Waals surface area contributed by atoms with E-state index in [9.17, 15) is 24.1 Å². The zero-order valence-corrected chi connectivity index (χ0v) is 18.8. The van der Waals surface area contributed by atoms with Crippen molar-refractivity contribution < 1.29 is 49.4 Å². The third-order valence-corrected chi connectivity index (χ3v) is 6.06. The molecule has 13 heteroatoms. The van der Waals surface area contributed by atoms with E-state index in [4.69, 9.17) is 25.3 Å². The smallest absolute Gasteiger partial charge is 0.191 e. The summed E-state index contributed by atoms with van der Waals surface area (Å²) in [7, 11) is 0. The van der Waals surface area contributed by atoms with Gasteiger partial charge >= 0.3 is 0 Å². The van der Waals surface area contributed by atoms with Crippen LogP contribution in [0.25, 0.3) is 11.2 Å². The molecule has 3 aromatic rings. The van der Waals surface area contributed by atoms with Gasteiger partial charge in [-0.25, -0.2) is 23.4 Å². The van der Waals surface area contributed by atoms with Crippen molar-refractivity contribution in [1.82, 2.24) is 25.0 Å². The number of halogens is 2. The number of nitrogens with zero attached hydrogens (tertiary/aromatic N) is 5. The fourth-order valence-corrected chi connectivity index (χ4v) is 4.21. The largest absolute Gasteiger partial charge is 0.394 e. The maximum Gasteiger partial charge on any atom is 0.191 e. The number of aromatic nitrogens is 5. The van der Waals surface area contributed by atoms with Crippen molar-refractivity contribution >= 4 is 28.7 Å². The van der Waals surface area contributed by atoms with E-state index in [1.54, 1.807) is 0 Å². The van der Waals surface area contributed by atoms with Crippen LogP contribution in [-0.2, 0) is 4.74 Å². The molecule has 0 amide bonds. The molecule has 5 rings (SSSR count). The van der Waals surface area contributed by atoms with Crippen molar-refractivity contribution in [3.63, 3.8) is 0 Å². The fraction of sp³-hybridized carbons (Fsp3) is 0.565. The van der Waals surface area contributed by atoms with Crippen LogP contribution in [0.4, 0.5) is 14.6 Å². The lowest BCUT2D eigenvalue weighted by molar-refractivity contribution is -0.0629. The summed E-state index contributed by atoms with van der Waals surface area (Å²) in [5, 5.41) is 40.3. The van der Waals surface area contributed by atoms with Crippen LogP contribution >= 0.6 is 11.8 Å². The summed E-state index contributed by atoms with van der Waals surface area (Å²) in [6.45, 7) is -7.26. The van der Waals surface area contributed by atoms with Crippen molar-refractivity contribution in [1.29, 1.82) is 0 Å². The number of rotatable bonds is 10. The first-order valence-corrected chi connectivity index (χ1v) is 11.2. The van der Waals surface area contributed by atoms with Crippen LogP contribution in [0.2, 0.25) is 0 Å². The van der Waals surface area contributed by atoms with Crippen molar-refractivity contribution in [3.8, 4) is 0 Å². The molecule has 4 N–H and O–H groups in total. The van der Waals surface area contributed by atoms with Gasteiger partial charge in [-0.3, -0.25) is 0 Å². The summed E-state index contributed by atoms with van der Waals surface area (Å²) in [4.78, 5) is 8.15. The second-order valence-corrected chi connectivity index (χ2v) is 8.42. The molecule has 6 atom stereocenters. The highest BCUT2D eigenvalue weighted by Gasteiger charge is 2.45. The number of fused-ring (bicyclic) bond motifs is 1. The Morgan fingerprint density at radius 2 is 2.22 bits per heavy atom. The highest BCUT2D eigenvalue weighted by atomic mass is 32.2. The van der Waals surface area contributed by atoms with E-state index in [1.807, 2.05) is 0 Å². The molecular formula is C23H28F2N6O4S. The Hall–Kier alpha value is -2.45. The molecule has 2 aliphatic carbocycles. The van der Waals surface area contributed by atoms with Gasteiger partial charge in [0.2, 0.25) is 0 Å². The summed E-state index contributed by atoms with van der Waals surface area (Å²) < 4.78 is 155. The zero-order chi connectivity index (χ0) is 38.6. The van der Waals surface area contributed by atoms with Crippen LogP contribution in [-0.4, -0.2) is 83.5 Å². The van der Waals surface area contributed by atoms with Gasteiger partial charge in [0.05, 0.1) is 32.2 Å². The number of hydrogen-bond donors (Lipinski definition) is 4. The summed E-state index contributed by atoms with van der Waals surface area (Å²) in [5.74, 6) is -7.08. The minimum Gasteiger partial charge on any atom is -0.394 e. The molecule has 10 nitrogen and oxygen atoms in total. The molecule has 1 unspecified atom stereocenters. The summed E-state index contributed by atoms with van der Waals surface area (Å²) in [5.41, 5.74) is -5.12. The van der Waals surface area contributed by atoms with E-state index in [0.717, 1.165) is 4.68 Å². The molecule has 0 saturated heterocycles. The van der Waals surface area contributed by atoms with E-state index in [0.29, 0.717) is 0 Å². The molecule has 2 fully saturated rings. The number of thioether (sulfide) groups is 1. The Morgan fingerprint density at radius 1 is 1.36 bits per heavy atom. The van der Waals surface area contributed by atoms with Gasteiger partial charge in [0.25, 0.3) is 0 Å². The van der Waals surface area contributed by atoms with Gasteiger partial charge in [-0.2, -0.15) is 0 Å². The van der Waals surface area contributed by atoms with E-state index < -0.39 is 132 Å². The van der Waals surface area contributed by atoms with Crippen LogP contribution in [0.15, 0.2) is 23.3 Å². The molecule has 194 valence electrons. The van der Waals surface area contributed by atoms with Gasteiger partial charge in [-0.05, 0) is 30.4 Å². The van der Waals surface area contributed by atoms with E-state index in [1.165, 1.54) is 0 Å². The topological polar surface area (TPSA) is 138 Å². The monoisotopic (exact) mass is 537 g/mol. The Kier molecular flexibility index (Phi) is 3.75. The standard InChI is InChI=1S/C23H28F2N6O4S/c1-2-7-36-23-27-21(26-15-9-12(15)11-3-4-13(24)14(25)8-11)18-22(28-23)31(30-29-18)16-10-17(35-6-5-32)20(34)19(16)33/h3-4,8,12,15-17,19-20,32-34H,2,5-7,9-10H2,1H3,(H,26,27,28)/t12?,15-,16+,17-,19-,20+/m0/s1/i1D3,2D2,3D,4D,6D2,7D2,8D,9D2,12D. The van der Waals surface area contributed by atoms with Crippen molar-refractivity contribution in [3.05, 3.63) is 35.3 Å². The highest BCUT2D eigenvalue weighted by molar-refractivity contribution is 7.99. The second kappa shape index (κ2) is 10.5. The highest BCUT2D eigenvalue weighted by Crippen LogP contribution is 2.44. The van der Waals surface area contributed by atoms with Gasteiger partial charge in [0.1, 0.15) is 12.2 Å². The molecule has 1 aromatic carbocycles. The minimum absolute atomic E-state index is 0.133. The Bertz CT molecular complexity index is 1840.